The summed E-state index contributed by atoms with van der Waals surface area (Å²) < 4.78 is 0. The lowest BCUT2D eigenvalue weighted by molar-refractivity contribution is -0.139. The summed E-state index contributed by atoms with van der Waals surface area (Å²) in [5.74, 6) is -0.885. The van der Waals surface area contributed by atoms with Gasteiger partial charge >= 0.3 is 5.97 Å². The van der Waals surface area contributed by atoms with E-state index in [1.807, 2.05) is 19.1 Å². The van der Waals surface area contributed by atoms with E-state index < -0.39 is 12.0 Å². The molecule has 1 unspecified atom stereocenters. The van der Waals surface area contributed by atoms with Crippen molar-refractivity contribution in [2.45, 2.75) is 26.8 Å². The van der Waals surface area contributed by atoms with Crippen molar-refractivity contribution in [2.24, 2.45) is 0 Å². The van der Waals surface area contributed by atoms with E-state index in [4.69, 9.17) is 11.6 Å². The van der Waals surface area contributed by atoms with Crippen LogP contribution in [0.15, 0.2) is 18.2 Å². The number of aryl methyl sites for hydroxylation is 1. The van der Waals surface area contributed by atoms with Gasteiger partial charge in [-0.15, -0.1) is 0 Å². The molecule has 1 rings (SSSR count). The number of hydrogen-bond acceptors (Lipinski definition) is 3. The van der Waals surface area contributed by atoms with Crippen LogP contribution < -0.4 is 5.32 Å². The molecule has 112 valence electrons. The molecule has 0 aliphatic carbocycles. The molecule has 0 amide bonds. The van der Waals surface area contributed by atoms with Gasteiger partial charge in [-0.05, 0) is 37.2 Å². The molecular formula is C15H23ClN2O2. The minimum absolute atomic E-state index is 0.597. The minimum Gasteiger partial charge on any atom is -0.480 e. The van der Waals surface area contributed by atoms with Crippen LogP contribution in [0.25, 0.3) is 0 Å². The summed E-state index contributed by atoms with van der Waals surface area (Å²) in [7, 11) is 0. The van der Waals surface area contributed by atoms with Gasteiger partial charge < -0.3 is 10.0 Å². The smallest absolute Gasteiger partial charge is 0.325 e. The Kier molecular flexibility index (Phi) is 6.99. The Bertz CT molecular complexity index is 447. The Morgan fingerprint density at radius 3 is 2.55 bits per heavy atom. The van der Waals surface area contributed by atoms with Crippen molar-refractivity contribution in [3.05, 3.63) is 34.3 Å². The Balaban J connectivity index is 2.69. The Morgan fingerprint density at radius 2 is 2.05 bits per heavy atom. The molecule has 0 heterocycles. The second-order valence-electron chi connectivity index (χ2n) is 4.76. The zero-order valence-electron chi connectivity index (χ0n) is 12.3. The van der Waals surface area contributed by atoms with Crippen molar-refractivity contribution < 1.29 is 9.90 Å². The standard InChI is InChI=1S/C15H23ClN2O2/c1-4-18(5-2)9-8-17-14(15(19)20)12-7-6-11(3)13(16)10-12/h6-7,10,14,17H,4-5,8-9H2,1-3H3,(H,19,20). The molecule has 0 spiro atoms. The number of hydrogen-bond donors (Lipinski definition) is 2. The number of rotatable bonds is 8. The molecule has 0 aliphatic rings. The molecule has 1 aromatic rings. The van der Waals surface area contributed by atoms with E-state index in [1.165, 1.54) is 0 Å². The van der Waals surface area contributed by atoms with Gasteiger partial charge in [0.2, 0.25) is 0 Å². The summed E-state index contributed by atoms with van der Waals surface area (Å²) in [5, 5.41) is 13.0. The number of nitrogens with zero attached hydrogens (tertiary/aromatic N) is 1. The van der Waals surface area contributed by atoms with Gasteiger partial charge in [-0.2, -0.15) is 0 Å². The average Bonchev–Trinajstić information content (AvgIpc) is 2.42. The average molecular weight is 299 g/mol. The van der Waals surface area contributed by atoms with Crippen molar-refractivity contribution >= 4 is 17.6 Å². The number of halogens is 1. The second kappa shape index (κ2) is 8.25. The third-order valence-electron chi connectivity index (χ3n) is 3.45. The highest BCUT2D eigenvalue weighted by Gasteiger charge is 2.19. The van der Waals surface area contributed by atoms with Crippen LogP contribution >= 0.6 is 11.6 Å². The van der Waals surface area contributed by atoms with Gasteiger partial charge in [0, 0.05) is 18.1 Å². The van der Waals surface area contributed by atoms with Crippen LogP contribution in [0.3, 0.4) is 0 Å². The first-order chi connectivity index (χ1) is 9.49. The highest BCUT2D eigenvalue weighted by Crippen LogP contribution is 2.21. The van der Waals surface area contributed by atoms with E-state index in [1.54, 1.807) is 6.07 Å². The third-order valence-corrected chi connectivity index (χ3v) is 3.85. The Morgan fingerprint density at radius 1 is 1.40 bits per heavy atom. The Labute approximate surface area is 125 Å². The van der Waals surface area contributed by atoms with E-state index in [-0.39, 0.29) is 0 Å². The molecule has 5 heteroatoms. The summed E-state index contributed by atoms with van der Waals surface area (Å²) in [6.45, 7) is 9.48. The normalized spacial score (nSPS) is 12.7. The third kappa shape index (κ3) is 4.78. The monoisotopic (exact) mass is 298 g/mol. The van der Waals surface area contributed by atoms with Gasteiger partial charge in [0.05, 0.1) is 0 Å². The van der Waals surface area contributed by atoms with Gasteiger partial charge in [-0.3, -0.25) is 10.1 Å². The predicted molar refractivity (Wildman–Crippen MR) is 82.4 cm³/mol. The first-order valence-electron chi connectivity index (χ1n) is 6.94. The molecule has 2 N–H and O–H groups in total. The SMILES string of the molecule is CCN(CC)CCNC(C(=O)O)c1ccc(C)c(Cl)c1. The lowest BCUT2D eigenvalue weighted by atomic mass is 10.1. The van der Waals surface area contributed by atoms with Crippen molar-refractivity contribution in [3.63, 3.8) is 0 Å². The molecule has 0 aromatic heterocycles. The molecule has 4 nitrogen and oxygen atoms in total. The highest BCUT2D eigenvalue weighted by atomic mass is 35.5. The molecule has 0 radical (unpaired) electrons. The van der Waals surface area contributed by atoms with Crippen LogP contribution in [0.5, 0.6) is 0 Å². The summed E-state index contributed by atoms with van der Waals surface area (Å²) in [4.78, 5) is 13.6. The number of carboxylic acids is 1. The quantitative estimate of drug-likeness (QED) is 0.775. The largest absolute Gasteiger partial charge is 0.480 e. The van der Waals surface area contributed by atoms with Crippen LogP contribution in [0.1, 0.15) is 31.0 Å². The minimum atomic E-state index is -0.885. The zero-order valence-corrected chi connectivity index (χ0v) is 13.1. The number of carboxylic acid groups (broad SMARTS) is 1. The number of nitrogens with one attached hydrogen (secondary N) is 1. The predicted octanol–water partition coefficient (Wildman–Crippen LogP) is 2.71. The molecule has 0 fully saturated rings. The maximum absolute atomic E-state index is 11.4. The van der Waals surface area contributed by atoms with Crippen molar-refractivity contribution in [3.8, 4) is 0 Å². The molecular weight excluding hydrogens is 276 g/mol. The molecule has 0 saturated carbocycles. The van der Waals surface area contributed by atoms with Crippen molar-refractivity contribution in [1.29, 1.82) is 0 Å². The number of benzene rings is 1. The topological polar surface area (TPSA) is 52.6 Å². The van der Waals surface area contributed by atoms with Crippen LogP contribution in [0.2, 0.25) is 5.02 Å². The summed E-state index contributed by atoms with van der Waals surface area (Å²) in [5.41, 5.74) is 1.63. The van der Waals surface area contributed by atoms with Gasteiger partial charge in [-0.25, -0.2) is 0 Å². The summed E-state index contributed by atoms with van der Waals surface area (Å²) >= 11 is 6.06. The van der Waals surface area contributed by atoms with Gasteiger partial charge in [0.1, 0.15) is 6.04 Å². The van der Waals surface area contributed by atoms with Gasteiger partial charge in [-0.1, -0.05) is 37.6 Å². The van der Waals surface area contributed by atoms with E-state index in [9.17, 15) is 9.90 Å². The lowest BCUT2D eigenvalue weighted by Crippen LogP contribution is -2.36. The van der Waals surface area contributed by atoms with E-state index >= 15 is 0 Å². The molecule has 0 bridgehead atoms. The lowest BCUT2D eigenvalue weighted by Gasteiger charge is -2.21. The molecule has 1 atom stereocenters. The van der Waals surface area contributed by atoms with Crippen LogP contribution in [0, 0.1) is 6.92 Å². The maximum atomic E-state index is 11.4. The van der Waals surface area contributed by atoms with Crippen LogP contribution in [-0.2, 0) is 4.79 Å². The van der Waals surface area contributed by atoms with Crippen LogP contribution in [0.4, 0.5) is 0 Å². The maximum Gasteiger partial charge on any atom is 0.325 e. The first kappa shape index (κ1) is 17.0. The van der Waals surface area contributed by atoms with Crippen LogP contribution in [-0.4, -0.2) is 42.2 Å². The summed E-state index contributed by atoms with van der Waals surface area (Å²) in [6.07, 6.45) is 0. The van der Waals surface area contributed by atoms with Gasteiger partial charge in [0.15, 0.2) is 0 Å². The molecule has 1 aromatic carbocycles. The Hall–Kier alpha value is -1.10. The van der Waals surface area contributed by atoms with E-state index in [0.29, 0.717) is 17.1 Å². The fourth-order valence-corrected chi connectivity index (χ4v) is 2.23. The van der Waals surface area contributed by atoms with E-state index in [2.05, 4.69) is 24.1 Å². The number of carbonyl (C=O) groups is 1. The molecule has 0 aliphatic heterocycles. The fraction of sp³-hybridized carbons (Fsp3) is 0.533. The second-order valence-corrected chi connectivity index (χ2v) is 5.17. The van der Waals surface area contributed by atoms with Crippen molar-refractivity contribution in [2.75, 3.05) is 26.2 Å². The number of aliphatic carboxylic acids is 1. The fourth-order valence-electron chi connectivity index (χ4n) is 2.04. The molecule has 20 heavy (non-hydrogen) atoms. The van der Waals surface area contributed by atoms with E-state index in [0.717, 1.165) is 25.2 Å². The highest BCUT2D eigenvalue weighted by molar-refractivity contribution is 6.31. The van der Waals surface area contributed by atoms with Crippen molar-refractivity contribution in [1.82, 2.24) is 10.2 Å². The summed E-state index contributed by atoms with van der Waals surface area (Å²) in [6, 6.07) is 4.66. The first-order valence-corrected chi connectivity index (χ1v) is 7.32. The zero-order chi connectivity index (χ0) is 15.1. The number of likely N-dealkylation sites (N-methyl/N-ethyl adjacent to an activating group) is 1. The van der Waals surface area contributed by atoms with Gasteiger partial charge in [0.25, 0.3) is 0 Å². The molecule has 0 saturated heterocycles.